The van der Waals surface area contributed by atoms with Gasteiger partial charge in [0.25, 0.3) is 0 Å². The Morgan fingerprint density at radius 3 is 2.64 bits per heavy atom. The average Bonchev–Trinajstić information content (AvgIpc) is 3.11. The first-order valence-electron chi connectivity index (χ1n) is 7.58. The fourth-order valence-corrected chi connectivity index (χ4v) is 2.76. The summed E-state index contributed by atoms with van der Waals surface area (Å²) in [6.45, 7) is 4.97. The lowest BCUT2D eigenvalue weighted by Gasteiger charge is -2.36. The number of carbonyl (C=O) groups excluding carboxylic acids is 1. The van der Waals surface area contributed by atoms with Crippen molar-refractivity contribution in [2.75, 3.05) is 31.1 Å². The number of amides is 1. The predicted molar refractivity (Wildman–Crippen MR) is 82.4 cm³/mol. The lowest BCUT2D eigenvalue weighted by atomic mass is 10.2. The number of aromatic nitrogens is 4. The van der Waals surface area contributed by atoms with Gasteiger partial charge < -0.3 is 9.80 Å². The third kappa shape index (κ3) is 2.93. The molecule has 0 bridgehead atoms. The normalized spacial score (nSPS) is 16.6. The molecule has 3 rings (SSSR count). The summed E-state index contributed by atoms with van der Waals surface area (Å²) in [6, 6.07) is 1.64. The molecule has 2 aromatic heterocycles. The maximum Gasteiger partial charge on any atom is 0.247 e. The second-order valence-electron chi connectivity index (χ2n) is 5.29. The van der Waals surface area contributed by atoms with Gasteiger partial charge in [0.1, 0.15) is 11.9 Å². The molecular weight excluding hydrogens is 280 g/mol. The van der Waals surface area contributed by atoms with E-state index in [2.05, 4.69) is 20.0 Å². The zero-order valence-corrected chi connectivity index (χ0v) is 12.7. The van der Waals surface area contributed by atoms with Gasteiger partial charge in [0.05, 0.1) is 6.20 Å². The highest BCUT2D eigenvalue weighted by molar-refractivity contribution is 5.80. The van der Waals surface area contributed by atoms with Crippen molar-refractivity contribution in [2.24, 2.45) is 0 Å². The predicted octanol–water partition coefficient (Wildman–Crippen LogP) is 0.973. The summed E-state index contributed by atoms with van der Waals surface area (Å²) < 4.78 is 1.75. The van der Waals surface area contributed by atoms with E-state index in [9.17, 15) is 4.79 Å². The molecule has 1 saturated heterocycles. The molecule has 22 heavy (non-hydrogen) atoms. The Balaban J connectivity index is 1.62. The second-order valence-corrected chi connectivity index (χ2v) is 5.29. The van der Waals surface area contributed by atoms with E-state index < -0.39 is 0 Å². The summed E-state index contributed by atoms with van der Waals surface area (Å²) in [5, 5.41) is 4.21. The van der Waals surface area contributed by atoms with Crippen LogP contribution in [0.15, 0.2) is 37.1 Å². The molecule has 1 atom stereocenters. The van der Waals surface area contributed by atoms with Gasteiger partial charge in [-0.2, -0.15) is 5.10 Å². The first-order valence-corrected chi connectivity index (χ1v) is 7.58. The Bertz CT molecular complexity index is 592. The highest BCUT2D eigenvalue weighted by atomic mass is 16.2. The van der Waals surface area contributed by atoms with E-state index in [-0.39, 0.29) is 11.9 Å². The van der Waals surface area contributed by atoms with Crippen LogP contribution in [0.4, 0.5) is 5.82 Å². The molecule has 3 heterocycles. The van der Waals surface area contributed by atoms with E-state index >= 15 is 0 Å². The highest BCUT2D eigenvalue weighted by Gasteiger charge is 2.28. The quantitative estimate of drug-likeness (QED) is 0.842. The third-order valence-electron chi connectivity index (χ3n) is 3.98. The number of nitrogens with zero attached hydrogens (tertiary/aromatic N) is 6. The largest absolute Gasteiger partial charge is 0.352 e. The van der Waals surface area contributed by atoms with Crippen LogP contribution in [0.1, 0.15) is 19.4 Å². The van der Waals surface area contributed by atoms with E-state index in [4.69, 9.17) is 0 Å². The van der Waals surface area contributed by atoms with Crippen LogP contribution in [0.5, 0.6) is 0 Å². The highest BCUT2D eigenvalue weighted by Crippen LogP contribution is 2.17. The molecule has 0 N–H and O–H groups in total. The average molecular weight is 300 g/mol. The van der Waals surface area contributed by atoms with Gasteiger partial charge in [-0.05, 0) is 12.5 Å². The minimum atomic E-state index is -0.210. The molecule has 1 aliphatic heterocycles. The zero-order valence-electron chi connectivity index (χ0n) is 12.7. The first kappa shape index (κ1) is 14.5. The maximum atomic E-state index is 12.7. The standard InChI is InChI=1S/C15H20N6O/c1-2-13(21-7-3-4-18-21)15(22)20-10-8-19(9-11-20)14-12-16-5-6-17-14/h3-7,12-13H,2,8-11H2,1H3/t13-/m0/s1. The zero-order chi connectivity index (χ0) is 15.4. The van der Waals surface area contributed by atoms with E-state index in [1.807, 2.05) is 24.1 Å². The van der Waals surface area contributed by atoms with Gasteiger partial charge in [-0.3, -0.25) is 14.5 Å². The van der Waals surface area contributed by atoms with Gasteiger partial charge in [0.2, 0.25) is 5.91 Å². The third-order valence-corrected chi connectivity index (χ3v) is 3.98. The molecule has 1 amide bonds. The van der Waals surface area contributed by atoms with Crippen molar-refractivity contribution in [1.82, 2.24) is 24.6 Å². The summed E-state index contributed by atoms with van der Waals surface area (Å²) in [7, 11) is 0. The molecule has 1 aliphatic rings. The summed E-state index contributed by atoms with van der Waals surface area (Å²) in [5.41, 5.74) is 0. The molecule has 0 aliphatic carbocycles. The summed E-state index contributed by atoms with van der Waals surface area (Å²) in [4.78, 5) is 25.2. The number of piperazine rings is 1. The molecular formula is C15H20N6O. The molecule has 1 fully saturated rings. The summed E-state index contributed by atoms with van der Waals surface area (Å²) in [6.07, 6.45) is 9.42. The van der Waals surface area contributed by atoms with Crippen molar-refractivity contribution in [1.29, 1.82) is 0 Å². The smallest absolute Gasteiger partial charge is 0.247 e. The maximum absolute atomic E-state index is 12.7. The van der Waals surface area contributed by atoms with Crippen molar-refractivity contribution < 1.29 is 4.79 Å². The monoisotopic (exact) mass is 300 g/mol. The van der Waals surface area contributed by atoms with E-state index in [0.717, 1.165) is 25.3 Å². The molecule has 7 heteroatoms. The van der Waals surface area contributed by atoms with Gasteiger partial charge >= 0.3 is 0 Å². The molecule has 116 valence electrons. The minimum absolute atomic E-state index is 0.144. The van der Waals surface area contributed by atoms with Crippen molar-refractivity contribution >= 4 is 11.7 Å². The fourth-order valence-electron chi connectivity index (χ4n) is 2.76. The van der Waals surface area contributed by atoms with Crippen LogP contribution >= 0.6 is 0 Å². The lowest BCUT2D eigenvalue weighted by Crippen LogP contribution is -2.50. The van der Waals surface area contributed by atoms with Crippen molar-refractivity contribution in [3.05, 3.63) is 37.1 Å². The summed E-state index contributed by atoms with van der Waals surface area (Å²) in [5.74, 6) is 1.01. The number of anilines is 1. The number of hydrogen-bond acceptors (Lipinski definition) is 5. The molecule has 0 saturated carbocycles. The second kappa shape index (κ2) is 6.55. The van der Waals surface area contributed by atoms with Crippen LogP contribution in [0, 0.1) is 0 Å². The molecule has 0 unspecified atom stereocenters. The number of hydrogen-bond donors (Lipinski definition) is 0. The molecule has 0 radical (unpaired) electrons. The van der Waals surface area contributed by atoms with Crippen LogP contribution in [0.25, 0.3) is 0 Å². The Morgan fingerprint density at radius 1 is 1.23 bits per heavy atom. The number of carbonyl (C=O) groups is 1. The van der Waals surface area contributed by atoms with E-state index in [1.54, 1.807) is 29.5 Å². The van der Waals surface area contributed by atoms with Crippen LogP contribution in [0.3, 0.4) is 0 Å². The van der Waals surface area contributed by atoms with Gasteiger partial charge in [-0.1, -0.05) is 6.92 Å². The van der Waals surface area contributed by atoms with Gasteiger partial charge in [0.15, 0.2) is 0 Å². The van der Waals surface area contributed by atoms with Crippen LogP contribution < -0.4 is 4.90 Å². The van der Waals surface area contributed by atoms with Crippen molar-refractivity contribution in [3.63, 3.8) is 0 Å². The molecule has 0 aromatic carbocycles. The molecule has 2 aromatic rings. The Hall–Kier alpha value is -2.44. The SMILES string of the molecule is CC[C@@H](C(=O)N1CCN(c2cnccn2)CC1)n1cccn1. The van der Waals surface area contributed by atoms with Gasteiger partial charge in [-0.25, -0.2) is 4.98 Å². The Labute approximate surface area is 129 Å². The van der Waals surface area contributed by atoms with Gasteiger partial charge in [0, 0.05) is 51.0 Å². The van der Waals surface area contributed by atoms with E-state index in [0.29, 0.717) is 13.1 Å². The van der Waals surface area contributed by atoms with Crippen LogP contribution in [0.2, 0.25) is 0 Å². The Morgan fingerprint density at radius 2 is 2.05 bits per heavy atom. The van der Waals surface area contributed by atoms with E-state index in [1.165, 1.54) is 0 Å². The molecule has 7 nitrogen and oxygen atoms in total. The minimum Gasteiger partial charge on any atom is -0.352 e. The fraction of sp³-hybridized carbons (Fsp3) is 0.467. The van der Waals surface area contributed by atoms with Crippen molar-refractivity contribution in [2.45, 2.75) is 19.4 Å². The number of rotatable bonds is 4. The van der Waals surface area contributed by atoms with Gasteiger partial charge in [-0.15, -0.1) is 0 Å². The van der Waals surface area contributed by atoms with Crippen LogP contribution in [-0.4, -0.2) is 56.7 Å². The topological polar surface area (TPSA) is 67.2 Å². The first-order chi connectivity index (χ1) is 10.8. The Kier molecular flexibility index (Phi) is 4.32. The van der Waals surface area contributed by atoms with Crippen molar-refractivity contribution in [3.8, 4) is 0 Å². The summed E-state index contributed by atoms with van der Waals surface area (Å²) >= 11 is 0. The lowest BCUT2D eigenvalue weighted by molar-refractivity contribution is -0.135. The van der Waals surface area contributed by atoms with Crippen LogP contribution in [-0.2, 0) is 4.79 Å². The molecule has 0 spiro atoms.